The van der Waals surface area contributed by atoms with Crippen molar-refractivity contribution in [3.8, 4) is 5.75 Å². The monoisotopic (exact) mass is 759 g/mol. The Morgan fingerprint density at radius 3 is 2.35 bits per heavy atom. The lowest BCUT2D eigenvalue weighted by atomic mass is 9.50. The van der Waals surface area contributed by atoms with Crippen LogP contribution in [0.1, 0.15) is 41.4 Å². The second kappa shape index (κ2) is 12.8. The van der Waals surface area contributed by atoms with E-state index in [9.17, 15) is 19.5 Å². The number of aryl methyl sites for hydroxylation is 1. The molecule has 8 rings (SSSR count). The molecule has 4 aromatic rings. The highest BCUT2D eigenvalue weighted by Gasteiger charge is 2.71. The van der Waals surface area contributed by atoms with Gasteiger partial charge >= 0.3 is 0 Å². The second-order valence-electron chi connectivity index (χ2n) is 13.6. The number of allylic oxidation sites excluding steroid dienone is 2. The molecule has 10 nitrogen and oxygen atoms in total. The number of aliphatic hydroxyl groups excluding tert-OH is 1. The number of aliphatic hydroxyl groups is 1. The summed E-state index contributed by atoms with van der Waals surface area (Å²) in [7, 11) is 1.53. The van der Waals surface area contributed by atoms with Gasteiger partial charge in [0, 0.05) is 10.0 Å². The zero-order valence-corrected chi connectivity index (χ0v) is 30.2. The lowest BCUT2D eigenvalue weighted by Crippen LogP contribution is -2.53. The molecule has 52 heavy (non-hydrogen) atoms. The second-order valence-corrected chi connectivity index (χ2v) is 14.9. The van der Waals surface area contributed by atoms with Crippen molar-refractivity contribution >= 4 is 69.8 Å². The van der Waals surface area contributed by atoms with Gasteiger partial charge in [-0.1, -0.05) is 64.7 Å². The molecule has 6 atom stereocenters. The minimum atomic E-state index is -1.58. The van der Waals surface area contributed by atoms with Crippen LogP contribution in [0.4, 0.5) is 11.4 Å². The minimum absolute atomic E-state index is 0.0850. The number of carbonyl (C=O) groups excluding carboxylic acids is 4. The van der Waals surface area contributed by atoms with Crippen LogP contribution in [0.3, 0.4) is 0 Å². The maximum Gasteiger partial charge on any atom is 0.260 e. The van der Waals surface area contributed by atoms with E-state index in [-0.39, 0.29) is 35.2 Å². The van der Waals surface area contributed by atoms with Gasteiger partial charge in [0.05, 0.1) is 47.2 Å². The van der Waals surface area contributed by atoms with E-state index in [1.165, 1.54) is 18.1 Å². The number of hydrazine groups is 1. The molecule has 2 N–H and O–H groups in total. The van der Waals surface area contributed by atoms with Gasteiger partial charge < -0.3 is 14.3 Å². The van der Waals surface area contributed by atoms with Gasteiger partial charge in [-0.3, -0.25) is 24.6 Å². The molecular formula is C39H32Cl3N3O7. The number of nitrogens with zero attached hydrogens (tertiary/aromatic N) is 2. The summed E-state index contributed by atoms with van der Waals surface area (Å²) in [6.07, 6.45) is 2.25. The first-order chi connectivity index (χ1) is 25.0. The topological polar surface area (TPSA) is 129 Å². The van der Waals surface area contributed by atoms with Gasteiger partial charge in [0.1, 0.15) is 29.3 Å². The Labute approximate surface area is 313 Å². The van der Waals surface area contributed by atoms with Crippen LogP contribution in [0.5, 0.6) is 5.75 Å². The smallest absolute Gasteiger partial charge is 0.260 e. The van der Waals surface area contributed by atoms with E-state index in [0.717, 1.165) is 10.6 Å². The summed E-state index contributed by atoms with van der Waals surface area (Å²) in [6.45, 7) is 1.44. The van der Waals surface area contributed by atoms with Gasteiger partial charge in [0.25, 0.3) is 11.8 Å². The van der Waals surface area contributed by atoms with Gasteiger partial charge in [-0.25, -0.2) is 4.90 Å². The number of halogens is 3. The van der Waals surface area contributed by atoms with Crippen LogP contribution in [0.15, 0.2) is 88.9 Å². The summed E-state index contributed by atoms with van der Waals surface area (Å²) in [5, 5.41) is 12.0. The standard InChI is InChI=1S/C39H32Cl3N3O7/c1-19-3-7-22(16-29(19)41)44-35(47)26-12-11-25-27(33(26)37(44)49)17-28-36(48)45(43-31-13-6-21(40)15-30(31)42)38(50)39(28,20-4-8-23(51-2)9-5-20)34(25)32-14-10-24(18-46)52-32/h3-11,13-16,26-28,33-34,43,46H,12,17-18H2,1-2H3. The predicted octanol–water partition coefficient (Wildman–Crippen LogP) is 7.24. The lowest BCUT2D eigenvalue weighted by molar-refractivity contribution is -0.138. The van der Waals surface area contributed by atoms with Crippen molar-refractivity contribution in [2.45, 2.75) is 37.7 Å². The molecule has 0 radical (unpaired) electrons. The molecule has 266 valence electrons. The molecule has 1 aromatic heterocycles. The molecular weight excluding hydrogens is 729 g/mol. The number of amides is 4. The van der Waals surface area contributed by atoms with Crippen LogP contribution in [0, 0.1) is 30.6 Å². The third-order valence-corrected chi connectivity index (χ3v) is 12.1. The van der Waals surface area contributed by atoms with Crippen molar-refractivity contribution in [3.05, 3.63) is 122 Å². The third-order valence-electron chi connectivity index (χ3n) is 11.1. The average molecular weight is 761 g/mol. The van der Waals surface area contributed by atoms with Crippen LogP contribution < -0.4 is 15.1 Å². The first kappa shape index (κ1) is 34.5. The number of hydrogen-bond acceptors (Lipinski definition) is 8. The van der Waals surface area contributed by atoms with Gasteiger partial charge in [0.2, 0.25) is 11.8 Å². The molecule has 4 aliphatic rings. The van der Waals surface area contributed by atoms with Gasteiger partial charge in [-0.15, -0.1) is 0 Å². The number of anilines is 2. The number of furan rings is 1. The zero-order chi connectivity index (χ0) is 36.6. The fraction of sp³-hybridized carbons (Fsp3) is 0.282. The number of ether oxygens (including phenoxy) is 1. The third kappa shape index (κ3) is 5.03. The van der Waals surface area contributed by atoms with Crippen LogP contribution in [-0.2, 0) is 31.2 Å². The van der Waals surface area contributed by atoms with Crippen LogP contribution in [-0.4, -0.2) is 40.9 Å². The van der Waals surface area contributed by atoms with E-state index in [1.807, 2.05) is 13.0 Å². The Balaban J connectivity index is 1.31. The summed E-state index contributed by atoms with van der Waals surface area (Å²) >= 11 is 19.1. The quantitative estimate of drug-likeness (QED) is 0.149. The number of imide groups is 2. The Morgan fingerprint density at radius 1 is 0.904 bits per heavy atom. The summed E-state index contributed by atoms with van der Waals surface area (Å²) in [6, 6.07) is 20.0. The molecule has 3 aromatic carbocycles. The number of methoxy groups -OCH3 is 1. The van der Waals surface area contributed by atoms with Crippen LogP contribution in [0.2, 0.25) is 15.1 Å². The number of nitrogens with one attached hydrogen (secondary N) is 1. The van der Waals surface area contributed by atoms with Gasteiger partial charge in [-0.2, -0.15) is 5.01 Å². The molecule has 13 heteroatoms. The average Bonchev–Trinajstić information content (AvgIpc) is 3.78. The van der Waals surface area contributed by atoms with Crippen molar-refractivity contribution < 1.29 is 33.4 Å². The number of benzene rings is 3. The first-order valence-corrected chi connectivity index (χ1v) is 17.9. The summed E-state index contributed by atoms with van der Waals surface area (Å²) in [5.74, 6) is -4.71. The van der Waals surface area contributed by atoms with Crippen molar-refractivity contribution in [3.63, 3.8) is 0 Å². The Hall–Kier alpha value is -4.61. The normalized spacial score (nSPS) is 26.7. The summed E-state index contributed by atoms with van der Waals surface area (Å²) < 4.78 is 11.7. The van der Waals surface area contributed by atoms with Gasteiger partial charge in [0.15, 0.2) is 0 Å². The summed E-state index contributed by atoms with van der Waals surface area (Å²) in [4.78, 5) is 59.8. The highest BCUT2D eigenvalue weighted by Crippen LogP contribution is 2.64. The highest BCUT2D eigenvalue weighted by atomic mass is 35.5. The summed E-state index contributed by atoms with van der Waals surface area (Å²) in [5.41, 5.74) is 4.10. The van der Waals surface area contributed by atoms with Crippen molar-refractivity contribution in [2.24, 2.45) is 23.7 Å². The molecule has 2 saturated heterocycles. The maximum absolute atomic E-state index is 15.3. The number of hydrogen-bond donors (Lipinski definition) is 2. The lowest BCUT2D eigenvalue weighted by Gasteiger charge is -2.49. The molecule has 4 amide bonds. The molecule has 3 fully saturated rings. The zero-order valence-electron chi connectivity index (χ0n) is 27.9. The Morgan fingerprint density at radius 2 is 1.67 bits per heavy atom. The first-order valence-electron chi connectivity index (χ1n) is 16.8. The molecule has 3 heterocycles. The van der Waals surface area contributed by atoms with Gasteiger partial charge in [-0.05, 0) is 91.4 Å². The van der Waals surface area contributed by atoms with E-state index in [4.69, 9.17) is 44.0 Å². The predicted molar refractivity (Wildman–Crippen MR) is 194 cm³/mol. The van der Waals surface area contributed by atoms with E-state index < -0.39 is 59.3 Å². The Kier molecular flexibility index (Phi) is 8.49. The number of carbonyl (C=O) groups is 4. The maximum atomic E-state index is 15.3. The molecule has 6 unspecified atom stereocenters. The Bertz CT molecular complexity index is 2200. The number of fused-ring (bicyclic) bond motifs is 4. The van der Waals surface area contributed by atoms with Crippen molar-refractivity contribution in [1.82, 2.24) is 5.01 Å². The van der Waals surface area contributed by atoms with Crippen LogP contribution >= 0.6 is 34.8 Å². The van der Waals surface area contributed by atoms with Crippen molar-refractivity contribution in [2.75, 3.05) is 17.4 Å². The van der Waals surface area contributed by atoms with E-state index in [2.05, 4.69) is 5.43 Å². The fourth-order valence-electron chi connectivity index (χ4n) is 8.76. The number of rotatable bonds is 7. The molecule has 0 spiro atoms. The van der Waals surface area contributed by atoms with E-state index in [1.54, 1.807) is 66.7 Å². The van der Waals surface area contributed by atoms with E-state index >= 15 is 4.79 Å². The molecule has 2 aliphatic heterocycles. The SMILES string of the molecule is COc1ccc(C23C(=O)N(Nc4ccc(Cl)cc4Cl)C(=O)C2CC2C(=CCC4C(=O)N(c5ccc(C)c(Cl)c5)C(=O)C42)C3c2ccc(CO)o2)cc1. The molecule has 1 saturated carbocycles. The molecule has 2 aliphatic carbocycles. The fourth-order valence-corrected chi connectivity index (χ4v) is 9.39. The largest absolute Gasteiger partial charge is 0.497 e. The van der Waals surface area contributed by atoms with Crippen molar-refractivity contribution in [1.29, 1.82) is 0 Å². The minimum Gasteiger partial charge on any atom is -0.497 e. The van der Waals surface area contributed by atoms with Crippen LogP contribution in [0.25, 0.3) is 0 Å². The highest BCUT2D eigenvalue weighted by molar-refractivity contribution is 6.36. The molecule has 0 bridgehead atoms. The van der Waals surface area contributed by atoms with E-state index in [0.29, 0.717) is 38.4 Å².